The lowest BCUT2D eigenvalue weighted by atomic mass is 9.83. The molecule has 0 aromatic heterocycles. The van der Waals surface area contributed by atoms with Crippen molar-refractivity contribution in [2.24, 2.45) is 0 Å². The summed E-state index contributed by atoms with van der Waals surface area (Å²) in [6, 6.07) is 0. The molecule has 0 aromatic carbocycles. The van der Waals surface area contributed by atoms with Gasteiger partial charge in [-0.25, -0.2) is 4.39 Å². The van der Waals surface area contributed by atoms with E-state index in [1.54, 1.807) is 0 Å². The van der Waals surface area contributed by atoms with E-state index in [2.05, 4.69) is 0 Å². The van der Waals surface area contributed by atoms with E-state index < -0.39 is 41.8 Å². The van der Waals surface area contributed by atoms with Crippen molar-refractivity contribution in [3.63, 3.8) is 0 Å². The highest BCUT2D eigenvalue weighted by atomic mass is 19.4. The van der Waals surface area contributed by atoms with Crippen molar-refractivity contribution in [2.45, 2.75) is 29.6 Å². The van der Waals surface area contributed by atoms with Crippen molar-refractivity contribution >= 4 is 0 Å². The Morgan fingerprint density at radius 3 is 1.41 bits per heavy atom. The Labute approximate surface area is 86.9 Å². The van der Waals surface area contributed by atoms with Gasteiger partial charge < -0.3 is 0 Å². The first kappa shape index (κ1) is 14.1. The van der Waals surface area contributed by atoms with E-state index in [4.69, 9.17) is 0 Å². The molecule has 10 heteroatoms. The maximum atomic E-state index is 12.9. The molecule has 0 radical (unpaired) electrons. The molecular weight excluding hydrogens is 274 g/mol. The summed E-state index contributed by atoms with van der Waals surface area (Å²) in [5.41, 5.74) is -5.84. The topological polar surface area (TPSA) is 0 Å². The molecule has 1 rings (SSSR count). The molecule has 0 bridgehead atoms. The smallest absolute Gasteiger partial charge is 0.222 e. The summed E-state index contributed by atoms with van der Waals surface area (Å²) in [5.74, 6) is -18.7. The van der Waals surface area contributed by atoms with Gasteiger partial charge in [0.1, 0.15) is 0 Å². The summed E-state index contributed by atoms with van der Waals surface area (Å²) >= 11 is 0. The molecule has 1 aliphatic rings. The van der Waals surface area contributed by atoms with Crippen LogP contribution in [0.3, 0.4) is 0 Å². The first-order chi connectivity index (χ1) is 7.21. The number of allylic oxidation sites excluding steroid dienone is 2. The molecular formula is C7H2F10. The van der Waals surface area contributed by atoms with E-state index in [0.29, 0.717) is 0 Å². The molecule has 0 heterocycles. The first-order valence-corrected chi connectivity index (χ1v) is 3.80. The van der Waals surface area contributed by atoms with Gasteiger partial charge in [0.05, 0.1) is 0 Å². The number of alkyl halides is 10. The minimum Gasteiger partial charge on any atom is -0.222 e. The zero-order valence-electron chi connectivity index (χ0n) is 7.43. The van der Waals surface area contributed by atoms with Crippen LogP contribution in [0.1, 0.15) is 0 Å². The van der Waals surface area contributed by atoms with Crippen molar-refractivity contribution in [3.05, 3.63) is 12.2 Å². The second-order valence-corrected chi connectivity index (χ2v) is 3.31. The van der Waals surface area contributed by atoms with Crippen LogP contribution in [0.25, 0.3) is 0 Å². The predicted octanol–water partition coefficient (Wildman–Crippen LogP) is 3.73. The molecule has 17 heavy (non-hydrogen) atoms. The lowest BCUT2D eigenvalue weighted by Gasteiger charge is -2.42. The second kappa shape index (κ2) is 3.08. The van der Waals surface area contributed by atoms with Gasteiger partial charge in [-0.1, -0.05) is 0 Å². The normalized spacial score (nSPS) is 34.7. The molecule has 0 aliphatic heterocycles. The summed E-state index contributed by atoms with van der Waals surface area (Å²) in [7, 11) is 0. The molecule has 0 saturated heterocycles. The molecule has 0 aromatic rings. The lowest BCUT2D eigenvalue weighted by Crippen LogP contribution is -2.69. The van der Waals surface area contributed by atoms with Crippen LogP contribution >= 0.6 is 0 Å². The van der Waals surface area contributed by atoms with E-state index in [1.807, 2.05) is 0 Å². The average Bonchev–Trinajstić information content (AvgIpc) is 2.09. The van der Waals surface area contributed by atoms with E-state index in [-0.39, 0.29) is 0 Å². The highest BCUT2D eigenvalue weighted by Crippen LogP contribution is 2.60. The molecule has 0 nitrogen and oxygen atoms in total. The minimum absolute atomic E-state index is 1.21. The summed E-state index contributed by atoms with van der Waals surface area (Å²) in [6.07, 6.45) is -8.95. The Balaban J connectivity index is 3.52. The summed E-state index contributed by atoms with van der Waals surface area (Å²) in [5, 5.41) is 0. The fourth-order valence-electron chi connectivity index (χ4n) is 1.14. The molecule has 0 N–H and O–H groups in total. The fraction of sp³-hybridized carbons (Fsp3) is 0.714. The van der Waals surface area contributed by atoms with Crippen molar-refractivity contribution in [1.82, 2.24) is 0 Å². The van der Waals surface area contributed by atoms with Gasteiger partial charge in [-0.2, -0.15) is 39.5 Å². The first-order valence-electron chi connectivity index (χ1n) is 3.80. The van der Waals surface area contributed by atoms with Crippen LogP contribution in [0.4, 0.5) is 43.9 Å². The number of hydrogen-bond acceptors (Lipinski definition) is 0. The summed E-state index contributed by atoms with van der Waals surface area (Å²) in [4.78, 5) is 0. The van der Waals surface area contributed by atoms with Crippen molar-refractivity contribution < 1.29 is 43.9 Å². The zero-order chi connectivity index (χ0) is 13.9. The number of rotatable bonds is 0. The molecule has 0 fully saturated rings. The van der Waals surface area contributed by atoms with Crippen LogP contribution in [0.2, 0.25) is 0 Å². The van der Waals surface area contributed by atoms with Crippen molar-refractivity contribution in [2.75, 3.05) is 0 Å². The molecule has 100 valence electrons. The van der Waals surface area contributed by atoms with E-state index in [9.17, 15) is 43.9 Å². The van der Waals surface area contributed by atoms with Crippen LogP contribution in [-0.2, 0) is 0 Å². The Bertz CT molecular complexity index is 350. The predicted molar refractivity (Wildman–Crippen MR) is 33.9 cm³/mol. The van der Waals surface area contributed by atoms with Gasteiger partial charge in [0.15, 0.2) is 0 Å². The number of halogens is 10. The Morgan fingerprint density at radius 2 is 1.06 bits per heavy atom. The molecule has 1 unspecified atom stereocenters. The van der Waals surface area contributed by atoms with Gasteiger partial charge in [0, 0.05) is 0 Å². The van der Waals surface area contributed by atoms with Crippen LogP contribution in [0.15, 0.2) is 12.2 Å². The Kier molecular flexibility index (Phi) is 2.55. The molecule has 0 amide bonds. The second-order valence-electron chi connectivity index (χ2n) is 3.31. The summed E-state index contributed by atoms with van der Waals surface area (Å²) in [6.45, 7) is 0. The van der Waals surface area contributed by atoms with E-state index in [1.165, 1.54) is 0 Å². The minimum atomic E-state index is -6.61. The average molecular weight is 276 g/mol. The highest BCUT2D eigenvalue weighted by molar-refractivity contribution is 5.28. The quantitative estimate of drug-likeness (QED) is 0.467. The maximum Gasteiger partial charge on any atom is 0.432 e. The van der Waals surface area contributed by atoms with Crippen LogP contribution in [0, 0.1) is 0 Å². The molecule has 0 saturated carbocycles. The third kappa shape index (κ3) is 1.45. The Hall–Kier alpha value is -0.960. The van der Waals surface area contributed by atoms with Gasteiger partial charge in [0.25, 0.3) is 5.67 Å². The standard InChI is InChI=1S/C7H2F10/c8-3(7(15,16)17)1-2-4(9,10)6(13,14)5(3,11)12/h1-2H. The van der Waals surface area contributed by atoms with Gasteiger partial charge in [-0.3, -0.25) is 0 Å². The molecule has 1 aliphatic carbocycles. The SMILES string of the molecule is FC(F)(F)C1(F)C=CC(F)(F)C(F)(F)C1(F)F. The van der Waals surface area contributed by atoms with Gasteiger partial charge >= 0.3 is 23.9 Å². The van der Waals surface area contributed by atoms with Crippen LogP contribution < -0.4 is 0 Å². The third-order valence-corrected chi connectivity index (χ3v) is 2.20. The highest BCUT2D eigenvalue weighted by Gasteiger charge is 2.86. The monoisotopic (exact) mass is 276 g/mol. The Morgan fingerprint density at radius 1 is 0.647 bits per heavy atom. The fourth-order valence-corrected chi connectivity index (χ4v) is 1.14. The summed E-state index contributed by atoms with van der Waals surface area (Å²) < 4.78 is 124. The maximum absolute atomic E-state index is 12.9. The zero-order valence-corrected chi connectivity index (χ0v) is 7.43. The van der Waals surface area contributed by atoms with Crippen LogP contribution in [-0.4, -0.2) is 29.6 Å². The van der Waals surface area contributed by atoms with E-state index in [0.717, 1.165) is 0 Å². The number of hydrogen-bond donors (Lipinski definition) is 0. The van der Waals surface area contributed by atoms with E-state index >= 15 is 0 Å². The van der Waals surface area contributed by atoms with Gasteiger partial charge in [-0.05, 0) is 12.2 Å². The van der Waals surface area contributed by atoms with Gasteiger partial charge in [0.2, 0.25) is 0 Å². The molecule has 1 atom stereocenters. The van der Waals surface area contributed by atoms with Gasteiger partial charge in [-0.15, -0.1) is 0 Å². The largest absolute Gasteiger partial charge is 0.432 e. The van der Waals surface area contributed by atoms with Crippen LogP contribution in [0.5, 0.6) is 0 Å². The third-order valence-electron chi connectivity index (χ3n) is 2.20. The van der Waals surface area contributed by atoms with Crippen molar-refractivity contribution in [1.29, 1.82) is 0 Å². The molecule has 0 spiro atoms. The van der Waals surface area contributed by atoms with Crippen molar-refractivity contribution in [3.8, 4) is 0 Å². The lowest BCUT2D eigenvalue weighted by molar-refractivity contribution is -0.376.